The Hall–Kier alpha value is -11.4. The summed E-state index contributed by atoms with van der Waals surface area (Å²) < 4.78 is 47.5. The van der Waals surface area contributed by atoms with Crippen LogP contribution in [0.4, 0.5) is 22.7 Å². The molecule has 4 aliphatic carbocycles. The number of carbonyl (C=O) groups is 8. The minimum absolute atomic E-state index is 0.00172. The fourth-order valence-corrected chi connectivity index (χ4v) is 14.2. The molecule has 2 aromatic heterocycles. The topological polar surface area (TPSA) is 314 Å². The number of amides is 4. The van der Waals surface area contributed by atoms with Gasteiger partial charge in [-0.3, -0.25) is 38.4 Å². The molecule has 9 heterocycles. The summed E-state index contributed by atoms with van der Waals surface area (Å²) in [6, 6.07) is 27.8. The van der Waals surface area contributed by atoms with Crippen molar-refractivity contribution in [1.82, 2.24) is 15.3 Å². The van der Waals surface area contributed by atoms with E-state index in [4.69, 9.17) is 42.9 Å². The average Bonchev–Trinajstić information content (AvgIpc) is 1.62. The molecule has 6 aromatic rings. The molecule has 7 N–H and O–H groups in total. The standard InChI is InChI=1S/C76H72N8O16/c1-93-57-17-11-18-58(94-2)67(57)65-53-25-21-49(77-53)63-51-23-27-55(79-51)66(68-59(95-3)19-12-20-60(68)96-4)56-28-24-52(80-56)64(50-22-26-54(65)78-50)62-46-14-10-16-48(62)84-72(88)40-36-44(40)76(92)100-32-8-7-31-99-75(91)43-35-39(43)71(87)83-47-15-9-13-45(61(47)63)81-69(85)37-33-41(37)73(89)97-29-5-6-30-98-74(90)42-34-38(42)70(86)82-46/h9-28,37-44,53,77-79H,5-8,29-36H2,1-4H3,(H,81,85)(H,82,86)(H,83,87)(H,84,88)/b63-49+,64-50+,65-54?,66-56?. The summed E-state index contributed by atoms with van der Waals surface area (Å²) in [4.78, 5) is 127. The number of H-pyrrole nitrogens is 2. The largest absolute Gasteiger partial charge is 0.496 e. The first-order valence-corrected chi connectivity index (χ1v) is 33.7. The maximum atomic E-state index is 14.9. The first-order chi connectivity index (χ1) is 48.7. The molecule has 100 heavy (non-hydrogen) atoms. The molecule has 17 rings (SSSR count). The fourth-order valence-electron chi connectivity index (χ4n) is 14.2. The van der Waals surface area contributed by atoms with Crippen LogP contribution in [0.2, 0.25) is 0 Å². The second-order valence-corrected chi connectivity index (χ2v) is 26.1. The van der Waals surface area contributed by atoms with E-state index in [1.54, 1.807) is 83.0 Å². The van der Waals surface area contributed by atoms with Gasteiger partial charge in [-0.25, -0.2) is 4.99 Å². The minimum atomic E-state index is -0.793. The number of benzene rings is 4. The zero-order valence-electron chi connectivity index (χ0n) is 55.2. The second-order valence-electron chi connectivity index (χ2n) is 26.1. The number of nitrogens with one attached hydrogen (secondary N) is 7. The Kier molecular flexibility index (Phi) is 17.3. The number of hydrogen-bond donors (Lipinski definition) is 7. The van der Waals surface area contributed by atoms with Crippen LogP contribution in [0.25, 0.3) is 22.3 Å². The summed E-state index contributed by atoms with van der Waals surface area (Å²) in [6.07, 6.45) is 9.73. The lowest BCUT2D eigenvalue weighted by molar-refractivity contribution is -0.148. The van der Waals surface area contributed by atoms with Crippen molar-refractivity contribution in [2.45, 2.75) is 57.4 Å². The Balaban J connectivity index is 1.03. The lowest BCUT2D eigenvalue weighted by Gasteiger charge is -2.23. The van der Waals surface area contributed by atoms with Gasteiger partial charge >= 0.3 is 23.9 Å². The number of anilines is 4. The van der Waals surface area contributed by atoms with Crippen molar-refractivity contribution in [2.24, 2.45) is 52.3 Å². The minimum Gasteiger partial charge on any atom is -0.496 e. The van der Waals surface area contributed by atoms with Gasteiger partial charge in [0.05, 0.1) is 154 Å². The van der Waals surface area contributed by atoms with Gasteiger partial charge in [0, 0.05) is 61.2 Å². The average molecular weight is 1350 g/mol. The van der Waals surface area contributed by atoms with E-state index in [1.807, 2.05) is 66.8 Å². The predicted molar refractivity (Wildman–Crippen MR) is 366 cm³/mol. The van der Waals surface area contributed by atoms with Gasteiger partial charge < -0.3 is 74.4 Å². The highest BCUT2D eigenvalue weighted by Gasteiger charge is 2.53. The Labute approximate surface area is 573 Å². The monoisotopic (exact) mass is 1350 g/mol. The highest BCUT2D eigenvalue weighted by Crippen LogP contribution is 2.50. The van der Waals surface area contributed by atoms with Crippen LogP contribution in [-0.4, -0.2) is 124 Å². The van der Waals surface area contributed by atoms with Gasteiger partial charge in [0.25, 0.3) is 0 Å². The first-order valence-electron chi connectivity index (χ1n) is 33.7. The zero-order valence-corrected chi connectivity index (χ0v) is 55.2. The third-order valence-electron chi connectivity index (χ3n) is 19.8. The number of aromatic amines is 2. The number of ether oxygens (including phenoxy) is 8. The Morgan fingerprint density at radius 3 is 1.21 bits per heavy atom. The van der Waals surface area contributed by atoms with Gasteiger partial charge in [0.2, 0.25) is 23.6 Å². The van der Waals surface area contributed by atoms with Crippen LogP contribution >= 0.6 is 0 Å². The van der Waals surface area contributed by atoms with Crippen LogP contribution in [0.5, 0.6) is 23.0 Å². The van der Waals surface area contributed by atoms with E-state index in [0.29, 0.717) is 132 Å². The molecule has 9 unspecified atom stereocenters. The van der Waals surface area contributed by atoms with E-state index >= 15 is 0 Å². The van der Waals surface area contributed by atoms with Gasteiger partial charge in [-0.15, -0.1) is 0 Å². The van der Waals surface area contributed by atoms with Crippen molar-refractivity contribution in [3.05, 3.63) is 177 Å². The van der Waals surface area contributed by atoms with Crippen molar-refractivity contribution >= 4 is 98.3 Å². The number of allylic oxidation sites excluding steroid dienone is 3. The third-order valence-corrected chi connectivity index (χ3v) is 19.8. The molecular formula is C76H72N8O16. The van der Waals surface area contributed by atoms with E-state index in [0.717, 1.165) is 0 Å². The van der Waals surface area contributed by atoms with E-state index in [1.165, 1.54) is 0 Å². The zero-order chi connectivity index (χ0) is 69.0. The van der Waals surface area contributed by atoms with Crippen molar-refractivity contribution < 1.29 is 76.3 Å². The van der Waals surface area contributed by atoms with Gasteiger partial charge in [-0.2, -0.15) is 0 Å². The van der Waals surface area contributed by atoms with Gasteiger partial charge in [0.1, 0.15) is 23.0 Å². The Bertz CT molecular complexity index is 4590. The van der Waals surface area contributed by atoms with Crippen molar-refractivity contribution in [1.29, 1.82) is 0 Å². The molecule has 0 saturated heterocycles. The van der Waals surface area contributed by atoms with Crippen LogP contribution in [0.15, 0.2) is 138 Å². The van der Waals surface area contributed by atoms with Crippen LogP contribution < -0.4 is 56.2 Å². The number of rotatable bonds is 6. The molecule has 4 amide bonds. The van der Waals surface area contributed by atoms with Gasteiger partial charge in [-0.05, 0) is 142 Å². The van der Waals surface area contributed by atoms with Crippen molar-refractivity contribution in [2.75, 3.05) is 76.1 Å². The molecule has 7 aliphatic heterocycles. The van der Waals surface area contributed by atoms with Crippen molar-refractivity contribution in [3.63, 3.8) is 0 Å². The number of aromatic nitrogens is 2. The molecule has 4 saturated carbocycles. The molecule has 0 radical (unpaired) electrons. The maximum Gasteiger partial charge on any atom is 0.309 e. The van der Waals surface area contributed by atoms with Crippen LogP contribution in [-0.2, 0) is 57.3 Å². The number of nitrogens with zero attached hydrogens (tertiary/aromatic N) is 1. The summed E-state index contributed by atoms with van der Waals surface area (Å²) >= 11 is 0. The molecule has 12 bridgehead atoms. The molecule has 4 aromatic carbocycles. The Morgan fingerprint density at radius 2 is 0.780 bits per heavy atom. The Morgan fingerprint density at radius 1 is 0.390 bits per heavy atom. The lowest BCUT2D eigenvalue weighted by atomic mass is 9.95. The maximum absolute atomic E-state index is 14.9. The van der Waals surface area contributed by atoms with Gasteiger partial charge in [0.15, 0.2) is 0 Å². The van der Waals surface area contributed by atoms with Crippen LogP contribution in [0, 0.1) is 47.3 Å². The number of aliphatic imine (C=N–C) groups is 1. The van der Waals surface area contributed by atoms with Crippen LogP contribution in [0.3, 0.4) is 0 Å². The molecule has 24 heteroatoms. The summed E-state index contributed by atoms with van der Waals surface area (Å²) in [5.74, 6) is -8.68. The molecule has 0 spiro atoms. The second kappa shape index (κ2) is 26.8. The van der Waals surface area contributed by atoms with E-state index in [2.05, 4.69) is 36.6 Å². The number of methoxy groups -OCH3 is 4. The van der Waals surface area contributed by atoms with E-state index < -0.39 is 101 Å². The first kappa shape index (κ1) is 64.6. The highest BCUT2D eigenvalue weighted by atomic mass is 16.5. The van der Waals surface area contributed by atoms with Gasteiger partial charge in [-0.1, -0.05) is 30.3 Å². The SMILES string of the molecule is COc1cccc(OC)c1C1=C2C=CC(=N2)/C2=c3/ccc([nH]3)=C(c3c(OC)cccc3OC)C3C=C/C(=C(/c4ccc1[nH]4)c1c4cccc1NC(=O)C1CC1C(=O)OCCCCOC(=O)C1CC1C(=O)Nc1cccc(c12)NC(=O)C1CC1C(=O)OCCCCOC(=O)C1CC1C(=O)N4)N3. The van der Waals surface area contributed by atoms with E-state index in [9.17, 15) is 38.4 Å². The lowest BCUT2D eigenvalue weighted by Crippen LogP contribution is -2.30. The van der Waals surface area contributed by atoms with Crippen LogP contribution in [0.1, 0.15) is 85.0 Å². The number of hydrogen-bond acceptors (Lipinski definition) is 18. The molecule has 512 valence electrons. The predicted octanol–water partition coefficient (Wildman–Crippen LogP) is 7.61. The highest BCUT2D eigenvalue weighted by molar-refractivity contribution is 6.33. The van der Waals surface area contributed by atoms with E-state index in [-0.39, 0.29) is 74.9 Å². The number of fused-ring (bicyclic) bond motifs is 18. The third kappa shape index (κ3) is 12.3. The summed E-state index contributed by atoms with van der Waals surface area (Å²) in [6.45, 7) is 0.0104. The molecule has 4 fully saturated rings. The molecular weight excluding hydrogens is 1280 g/mol. The summed E-state index contributed by atoms with van der Waals surface area (Å²) in [7, 11) is 6.21. The molecule has 24 nitrogen and oxygen atoms in total. The van der Waals surface area contributed by atoms with Crippen molar-refractivity contribution in [3.8, 4) is 23.0 Å². The molecule has 9 atom stereocenters. The smallest absolute Gasteiger partial charge is 0.309 e. The summed E-state index contributed by atoms with van der Waals surface area (Å²) in [5.41, 5.74) is 6.78. The number of carbonyl (C=O) groups excluding carboxylic acids is 8. The normalized spacial score (nSPS) is 26.4. The summed E-state index contributed by atoms with van der Waals surface area (Å²) in [5, 5.41) is 17.5. The molecule has 11 aliphatic rings. The number of esters is 4. The quantitative estimate of drug-likeness (QED) is 0.0623. The fraction of sp³-hybridized carbons (Fsp3) is 0.329.